The zero-order chi connectivity index (χ0) is 10.4. The first-order valence-corrected chi connectivity index (χ1v) is 4.06. The molecule has 0 aliphatic carbocycles. The standard InChI is InChI=1S/C11H9NO2/c1-2-10(8-12)14-11(13)9-6-4-3-5-7-9/h2-7,10H,1H2. The average molecular weight is 187 g/mol. The van der Waals surface area contributed by atoms with Crippen LogP contribution in [0.3, 0.4) is 0 Å². The predicted octanol–water partition coefficient (Wildman–Crippen LogP) is 1.92. The van der Waals surface area contributed by atoms with Gasteiger partial charge in [0.2, 0.25) is 6.10 Å². The van der Waals surface area contributed by atoms with Gasteiger partial charge in [-0.05, 0) is 18.2 Å². The van der Waals surface area contributed by atoms with Crippen LogP contribution in [-0.4, -0.2) is 12.1 Å². The first-order valence-electron chi connectivity index (χ1n) is 4.06. The molecule has 0 aromatic heterocycles. The largest absolute Gasteiger partial charge is 0.439 e. The quantitative estimate of drug-likeness (QED) is 0.536. The van der Waals surface area contributed by atoms with Gasteiger partial charge in [-0.1, -0.05) is 24.8 Å². The minimum absolute atomic E-state index is 0.426. The molecule has 0 radical (unpaired) electrons. The second-order valence-corrected chi connectivity index (χ2v) is 2.56. The van der Waals surface area contributed by atoms with Gasteiger partial charge < -0.3 is 4.74 Å². The lowest BCUT2D eigenvalue weighted by molar-refractivity contribution is 0.0473. The molecule has 0 saturated carbocycles. The number of carbonyl (C=O) groups is 1. The fourth-order valence-electron chi connectivity index (χ4n) is 0.885. The van der Waals surface area contributed by atoms with Crippen molar-refractivity contribution >= 4 is 5.97 Å². The highest BCUT2D eigenvalue weighted by molar-refractivity contribution is 5.89. The molecule has 1 aromatic rings. The van der Waals surface area contributed by atoms with Crippen molar-refractivity contribution in [3.63, 3.8) is 0 Å². The number of hydrogen-bond donors (Lipinski definition) is 0. The van der Waals surface area contributed by atoms with E-state index in [9.17, 15) is 4.79 Å². The summed E-state index contributed by atoms with van der Waals surface area (Å²) >= 11 is 0. The summed E-state index contributed by atoms with van der Waals surface area (Å²) in [7, 11) is 0. The van der Waals surface area contributed by atoms with Crippen LogP contribution in [0.2, 0.25) is 0 Å². The van der Waals surface area contributed by atoms with Gasteiger partial charge in [0, 0.05) is 0 Å². The summed E-state index contributed by atoms with van der Waals surface area (Å²) in [4.78, 5) is 11.4. The molecule has 3 heteroatoms. The molecular weight excluding hydrogens is 178 g/mol. The third-order valence-electron chi connectivity index (χ3n) is 1.58. The number of hydrogen-bond acceptors (Lipinski definition) is 3. The summed E-state index contributed by atoms with van der Waals surface area (Å²) in [5.41, 5.74) is 0.426. The molecule has 14 heavy (non-hydrogen) atoms. The second-order valence-electron chi connectivity index (χ2n) is 2.56. The summed E-state index contributed by atoms with van der Waals surface area (Å²) in [6, 6.07) is 10.3. The molecule has 70 valence electrons. The Kier molecular flexibility index (Phi) is 3.45. The lowest BCUT2D eigenvalue weighted by Crippen LogP contribution is -2.13. The molecule has 0 aliphatic rings. The van der Waals surface area contributed by atoms with Crippen molar-refractivity contribution in [3.05, 3.63) is 48.6 Å². The van der Waals surface area contributed by atoms with Crippen molar-refractivity contribution in [3.8, 4) is 6.07 Å². The Balaban J connectivity index is 2.69. The minimum Gasteiger partial charge on any atom is -0.439 e. The first-order chi connectivity index (χ1) is 6.77. The normalized spacial score (nSPS) is 11.1. The molecular formula is C11H9NO2. The third-order valence-corrected chi connectivity index (χ3v) is 1.58. The van der Waals surface area contributed by atoms with Gasteiger partial charge in [0.1, 0.15) is 6.07 Å². The first kappa shape index (κ1) is 10.0. The molecule has 3 nitrogen and oxygen atoms in total. The third kappa shape index (κ3) is 2.46. The van der Waals surface area contributed by atoms with Gasteiger partial charge in [-0.3, -0.25) is 0 Å². The summed E-state index contributed by atoms with van der Waals surface area (Å²) in [5, 5.41) is 8.52. The summed E-state index contributed by atoms with van der Waals surface area (Å²) < 4.78 is 4.82. The smallest absolute Gasteiger partial charge is 0.339 e. The molecule has 0 amide bonds. The van der Waals surface area contributed by atoms with Crippen LogP contribution in [0, 0.1) is 11.3 Å². The highest BCUT2D eigenvalue weighted by Crippen LogP contribution is 2.03. The van der Waals surface area contributed by atoms with Crippen LogP contribution in [0.5, 0.6) is 0 Å². The number of esters is 1. The van der Waals surface area contributed by atoms with E-state index in [0.717, 1.165) is 0 Å². The Hall–Kier alpha value is -2.08. The number of nitrogens with zero attached hydrogens (tertiary/aromatic N) is 1. The Morgan fingerprint density at radius 1 is 1.50 bits per heavy atom. The number of benzene rings is 1. The molecule has 1 aromatic carbocycles. The highest BCUT2D eigenvalue weighted by Gasteiger charge is 2.11. The van der Waals surface area contributed by atoms with Crippen molar-refractivity contribution in [1.82, 2.24) is 0 Å². The van der Waals surface area contributed by atoms with E-state index in [2.05, 4.69) is 6.58 Å². The van der Waals surface area contributed by atoms with Crippen LogP contribution in [0.4, 0.5) is 0 Å². The van der Waals surface area contributed by atoms with Crippen LogP contribution in [0.15, 0.2) is 43.0 Å². The van der Waals surface area contributed by atoms with Gasteiger partial charge in [0.25, 0.3) is 0 Å². The highest BCUT2D eigenvalue weighted by atomic mass is 16.5. The predicted molar refractivity (Wildman–Crippen MR) is 51.5 cm³/mol. The van der Waals surface area contributed by atoms with Gasteiger partial charge in [-0.25, -0.2) is 4.79 Å². The van der Waals surface area contributed by atoms with E-state index < -0.39 is 12.1 Å². The molecule has 0 bridgehead atoms. The van der Waals surface area contributed by atoms with Gasteiger partial charge in [0.15, 0.2) is 0 Å². The van der Waals surface area contributed by atoms with Gasteiger partial charge in [-0.15, -0.1) is 0 Å². The summed E-state index contributed by atoms with van der Waals surface area (Å²) in [6.07, 6.45) is 0.392. The van der Waals surface area contributed by atoms with Crippen molar-refractivity contribution in [2.45, 2.75) is 6.10 Å². The van der Waals surface area contributed by atoms with E-state index in [1.54, 1.807) is 36.4 Å². The van der Waals surface area contributed by atoms with E-state index in [-0.39, 0.29) is 0 Å². The Morgan fingerprint density at radius 2 is 2.14 bits per heavy atom. The average Bonchev–Trinajstić information content (AvgIpc) is 2.26. The van der Waals surface area contributed by atoms with E-state index in [4.69, 9.17) is 10.00 Å². The number of carbonyl (C=O) groups excluding carboxylic acids is 1. The van der Waals surface area contributed by atoms with Crippen LogP contribution >= 0.6 is 0 Å². The van der Waals surface area contributed by atoms with Crippen LogP contribution in [-0.2, 0) is 4.74 Å². The van der Waals surface area contributed by atoms with Gasteiger partial charge in [-0.2, -0.15) is 5.26 Å². The van der Waals surface area contributed by atoms with E-state index in [0.29, 0.717) is 5.56 Å². The van der Waals surface area contributed by atoms with Crippen LogP contribution < -0.4 is 0 Å². The molecule has 0 spiro atoms. The monoisotopic (exact) mass is 187 g/mol. The Bertz CT molecular complexity index is 365. The molecule has 0 aliphatic heterocycles. The van der Waals surface area contributed by atoms with Crippen molar-refractivity contribution < 1.29 is 9.53 Å². The van der Waals surface area contributed by atoms with E-state index in [1.165, 1.54) is 6.08 Å². The second kappa shape index (κ2) is 4.83. The fraction of sp³-hybridized carbons (Fsp3) is 0.0909. The molecule has 1 atom stereocenters. The number of nitriles is 1. The topological polar surface area (TPSA) is 50.1 Å². The molecule has 0 N–H and O–H groups in total. The summed E-state index contributed by atoms with van der Waals surface area (Å²) in [5.74, 6) is -0.517. The van der Waals surface area contributed by atoms with Crippen molar-refractivity contribution in [2.24, 2.45) is 0 Å². The maximum Gasteiger partial charge on any atom is 0.339 e. The number of rotatable bonds is 3. The molecule has 1 rings (SSSR count). The van der Waals surface area contributed by atoms with E-state index >= 15 is 0 Å². The van der Waals surface area contributed by atoms with Crippen LogP contribution in [0.25, 0.3) is 0 Å². The zero-order valence-corrected chi connectivity index (χ0v) is 7.51. The van der Waals surface area contributed by atoms with Gasteiger partial charge in [0.05, 0.1) is 5.56 Å². The van der Waals surface area contributed by atoms with Gasteiger partial charge >= 0.3 is 5.97 Å². The lowest BCUT2D eigenvalue weighted by atomic mass is 10.2. The minimum atomic E-state index is -0.886. The maximum atomic E-state index is 11.4. The lowest BCUT2D eigenvalue weighted by Gasteiger charge is -2.05. The fourth-order valence-corrected chi connectivity index (χ4v) is 0.885. The zero-order valence-electron chi connectivity index (χ0n) is 7.51. The van der Waals surface area contributed by atoms with Crippen molar-refractivity contribution in [2.75, 3.05) is 0 Å². The SMILES string of the molecule is C=CC(C#N)OC(=O)c1ccccc1. The molecule has 0 heterocycles. The molecule has 0 fully saturated rings. The number of ether oxygens (including phenoxy) is 1. The van der Waals surface area contributed by atoms with Crippen molar-refractivity contribution in [1.29, 1.82) is 5.26 Å². The van der Waals surface area contributed by atoms with Crippen LogP contribution in [0.1, 0.15) is 10.4 Å². The van der Waals surface area contributed by atoms with E-state index in [1.807, 2.05) is 0 Å². The Labute approximate surface area is 82.2 Å². The summed E-state index contributed by atoms with van der Waals surface area (Å²) in [6.45, 7) is 3.38. The Morgan fingerprint density at radius 3 is 2.64 bits per heavy atom. The maximum absolute atomic E-state index is 11.4. The molecule has 0 saturated heterocycles. The molecule has 1 unspecified atom stereocenters.